The fraction of sp³-hybridized carbons (Fsp3) is 0.804. The number of unbranched alkanes of at least 4 members (excludes halogenated alkanes) is 22. The Labute approximate surface area is 376 Å². The summed E-state index contributed by atoms with van der Waals surface area (Å²) in [4.78, 5) is 39.5. The van der Waals surface area contributed by atoms with Crippen LogP contribution in [-0.4, -0.2) is 69.4 Å². The Morgan fingerprint density at radius 1 is 0.574 bits per heavy atom. The number of phosphoric acid groups is 1. The van der Waals surface area contributed by atoms with Crippen molar-refractivity contribution >= 4 is 19.7 Å². The summed E-state index contributed by atoms with van der Waals surface area (Å²) in [6.07, 6.45) is 48.1. The van der Waals surface area contributed by atoms with Crippen molar-refractivity contribution in [2.75, 3.05) is 40.9 Å². The minimum Gasteiger partial charge on any atom is -0.756 e. The Hall–Kier alpha value is -2.03. The van der Waals surface area contributed by atoms with Gasteiger partial charge in [0.1, 0.15) is 19.3 Å². The summed E-state index contributed by atoms with van der Waals surface area (Å²) in [5.74, 6) is -0.634. The van der Waals surface area contributed by atoms with Crippen LogP contribution in [0.3, 0.4) is 0 Å². The number of nitrogens with zero attached hydrogens (tertiary/aromatic N) is 1. The molecule has 1 N–H and O–H groups in total. The molecule has 0 aliphatic heterocycles. The highest BCUT2D eigenvalue weighted by atomic mass is 31.2. The predicted molar refractivity (Wildman–Crippen MR) is 256 cm³/mol. The van der Waals surface area contributed by atoms with Crippen LogP contribution in [0, 0.1) is 0 Å². The number of hydrogen-bond acceptors (Lipinski definition) is 7. The lowest BCUT2D eigenvalue weighted by Gasteiger charge is -2.30. The van der Waals surface area contributed by atoms with E-state index in [0.717, 1.165) is 77.0 Å². The molecule has 0 aliphatic carbocycles. The van der Waals surface area contributed by atoms with E-state index in [2.05, 4.69) is 56.5 Å². The molecule has 9 nitrogen and oxygen atoms in total. The second kappa shape index (κ2) is 42.0. The van der Waals surface area contributed by atoms with Crippen LogP contribution in [0.5, 0.6) is 0 Å². The van der Waals surface area contributed by atoms with Crippen LogP contribution in [0.15, 0.2) is 48.6 Å². The van der Waals surface area contributed by atoms with Gasteiger partial charge in [-0.15, -0.1) is 0 Å². The number of carbonyl (C=O) groups excluding carboxylic acids is 2. The highest BCUT2D eigenvalue weighted by Crippen LogP contribution is 2.38. The fourth-order valence-electron chi connectivity index (χ4n) is 6.79. The van der Waals surface area contributed by atoms with Crippen molar-refractivity contribution in [1.82, 2.24) is 5.32 Å². The molecule has 0 saturated heterocycles. The molecular formula is C51H95N2O7P. The number of nitrogens with one attached hydrogen (secondary N) is 1. The number of quaternary nitrogens is 1. The SMILES string of the molecule is CCCC/C=C\CCCCCCCC(=O)NC(COP(=O)([O-])OCC[N+](C)(C)C)C(/C=C/CCCCCCCCCCC)OC(=O)CC/C=C/C/C=C\CCCCCCCC. The van der Waals surface area contributed by atoms with E-state index in [9.17, 15) is 19.0 Å². The maximum atomic E-state index is 13.3. The second-order valence-electron chi connectivity index (χ2n) is 18.0. The van der Waals surface area contributed by atoms with E-state index < -0.39 is 32.5 Å². The quantitative estimate of drug-likeness (QED) is 0.0213. The lowest BCUT2D eigenvalue weighted by molar-refractivity contribution is -0.870. The lowest BCUT2D eigenvalue weighted by atomic mass is 10.1. The molecule has 10 heteroatoms. The number of hydrogen-bond donors (Lipinski definition) is 1. The molecule has 0 radical (unpaired) electrons. The van der Waals surface area contributed by atoms with E-state index in [-0.39, 0.29) is 18.9 Å². The summed E-state index contributed by atoms with van der Waals surface area (Å²) in [7, 11) is 1.15. The highest BCUT2D eigenvalue weighted by Gasteiger charge is 2.27. The van der Waals surface area contributed by atoms with Gasteiger partial charge in [-0.3, -0.25) is 14.2 Å². The molecule has 0 aromatic carbocycles. The first-order valence-electron chi connectivity index (χ1n) is 24.9. The standard InChI is InChI=1S/C51H95N2O7P/c1-7-10-13-16-19-22-25-26-29-32-35-38-41-44-51(55)60-49(42-39-36-33-30-27-23-20-17-14-11-8-2)48(47-59-61(56,57)58-46-45-53(4,5)6)52-50(54)43-40-37-34-31-28-24-21-18-15-12-9-3/h18,21,26,29,35,38-39,42,48-49H,7-17,19-20,22-25,27-28,30-34,36-37,40-41,43-47H2,1-6H3,(H-,52,54,56,57)/b21-18-,29-26-,38-35+,42-39+. The second-order valence-corrected chi connectivity index (χ2v) is 19.4. The molecule has 0 fully saturated rings. The van der Waals surface area contributed by atoms with Gasteiger partial charge < -0.3 is 28.5 Å². The average molecular weight is 879 g/mol. The van der Waals surface area contributed by atoms with Crippen molar-refractivity contribution < 1.29 is 37.3 Å². The summed E-state index contributed by atoms with van der Waals surface area (Å²) < 4.78 is 30.0. The van der Waals surface area contributed by atoms with Gasteiger partial charge in [0, 0.05) is 12.8 Å². The normalized spacial score (nSPS) is 14.4. The number of rotatable bonds is 44. The summed E-state index contributed by atoms with van der Waals surface area (Å²) in [6, 6.07) is -0.910. The van der Waals surface area contributed by atoms with Crippen LogP contribution in [0.1, 0.15) is 213 Å². The van der Waals surface area contributed by atoms with Gasteiger partial charge in [-0.1, -0.05) is 179 Å². The van der Waals surface area contributed by atoms with Crippen LogP contribution >= 0.6 is 7.82 Å². The largest absolute Gasteiger partial charge is 0.756 e. The molecular weight excluding hydrogens is 784 g/mol. The molecule has 0 bridgehead atoms. The van der Waals surface area contributed by atoms with Gasteiger partial charge in [-0.05, 0) is 70.3 Å². The third-order valence-electron chi connectivity index (χ3n) is 10.7. The number of esters is 1. The molecule has 356 valence electrons. The zero-order chi connectivity index (χ0) is 45.1. The first-order valence-corrected chi connectivity index (χ1v) is 26.4. The summed E-state index contributed by atoms with van der Waals surface area (Å²) in [5.41, 5.74) is 0. The molecule has 3 unspecified atom stereocenters. The Kier molecular flexibility index (Phi) is 40.6. The Bertz CT molecular complexity index is 1200. The number of amides is 1. The Morgan fingerprint density at radius 3 is 1.57 bits per heavy atom. The molecule has 0 aliphatic rings. The number of allylic oxidation sites excluding steroid dienone is 7. The van der Waals surface area contributed by atoms with Crippen LogP contribution in [0.4, 0.5) is 0 Å². The van der Waals surface area contributed by atoms with Crippen LogP contribution in [0.2, 0.25) is 0 Å². The van der Waals surface area contributed by atoms with Gasteiger partial charge in [-0.2, -0.15) is 0 Å². The molecule has 0 aromatic heterocycles. The van der Waals surface area contributed by atoms with Gasteiger partial charge in [0.2, 0.25) is 5.91 Å². The summed E-state index contributed by atoms with van der Waals surface area (Å²) in [5, 5.41) is 2.98. The predicted octanol–water partition coefficient (Wildman–Crippen LogP) is 13.6. The van der Waals surface area contributed by atoms with Crippen LogP contribution in [0.25, 0.3) is 0 Å². The summed E-state index contributed by atoms with van der Waals surface area (Å²) >= 11 is 0. The van der Waals surface area contributed by atoms with Crippen LogP contribution < -0.4 is 10.2 Å². The Balaban J connectivity index is 5.55. The number of phosphoric ester groups is 1. The van der Waals surface area contributed by atoms with Crippen LogP contribution in [-0.2, 0) is 27.9 Å². The minimum absolute atomic E-state index is 0.0318. The molecule has 0 rings (SSSR count). The molecule has 0 heterocycles. The molecule has 61 heavy (non-hydrogen) atoms. The van der Waals surface area contributed by atoms with E-state index in [0.29, 0.717) is 23.9 Å². The summed E-state index contributed by atoms with van der Waals surface area (Å²) in [6.45, 7) is 6.72. The maximum Gasteiger partial charge on any atom is 0.306 e. The highest BCUT2D eigenvalue weighted by molar-refractivity contribution is 7.45. The topological polar surface area (TPSA) is 114 Å². The third kappa shape index (κ3) is 43.0. The fourth-order valence-corrected chi connectivity index (χ4v) is 7.51. The first-order chi connectivity index (χ1) is 29.4. The van der Waals surface area contributed by atoms with Crippen molar-refractivity contribution in [3.8, 4) is 0 Å². The van der Waals surface area contributed by atoms with Crippen molar-refractivity contribution in [2.45, 2.75) is 226 Å². The van der Waals surface area contributed by atoms with E-state index in [1.807, 2.05) is 33.3 Å². The van der Waals surface area contributed by atoms with E-state index >= 15 is 0 Å². The van der Waals surface area contributed by atoms with Crippen molar-refractivity contribution in [3.05, 3.63) is 48.6 Å². The van der Waals surface area contributed by atoms with Gasteiger partial charge >= 0.3 is 5.97 Å². The number of ether oxygens (including phenoxy) is 1. The van der Waals surface area contributed by atoms with Gasteiger partial charge in [0.05, 0.1) is 33.8 Å². The van der Waals surface area contributed by atoms with E-state index in [1.54, 1.807) is 6.08 Å². The number of likely N-dealkylation sites (N-methyl/N-ethyl adjacent to an activating group) is 1. The third-order valence-corrected chi connectivity index (χ3v) is 11.7. The van der Waals surface area contributed by atoms with Gasteiger partial charge in [0.15, 0.2) is 0 Å². The number of carbonyl (C=O) groups is 2. The smallest absolute Gasteiger partial charge is 0.306 e. The maximum absolute atomic E-state index is 13.3. The molecule has 0 saturated carbocycles. The molecule has 1 amide bonds. The average Bonchev–Trinajstić information content (AvgIpc) is 3.21. The minimum atomic E-state index is -4.69. The van der Waals surface area contributed by atoms with E-state index in [4.69, 9.17) is 13.8 Å². The van der Waals surface area contributed by atoms with E-state index in [1.165, 1.54) is 96.3 Å². The lowest BCUT2D eigenvalue weighted by Crippen LogP contribution is -2.47. The van der Waals surface area contributed by atoms with Crippen molar-refractivity contribution in [2.24, 2.45) is 0 Å². The van der Waals surface area contributed by atoms with Crippen molar-refractivity contribution in [3.63, 3.8) is 0 Å². The van der Waals surface area contributed by atoms with Gasteiger partial charge in [0.25, 0.3) is 7.82 Å². The zero-order valence-electron chi connectivity index (χ0n) is 40.4. The molecule has 3 atom stereocenters. The zero-order valence-corrected chi connectivity index (χ0v) is 41.3. The Morgan fingerprint density at radius 2 is 1.03 bits per heavy atom. The van der Waals surface area contributed by atoms with Crippen molar-refractivity contribution in [1.29, 1.82) is 0 Å². The first kappa shape index (κ1) is 59.0. The monoisotopic (exact) mass is 879 g/mol. The molecule has 0 aromatic rings. The molecule has 0 spiro atoms. The van der Waals surface area contributed by atoms with Gasteiger partial charge in [-0.25, -0.2) is 0 Å².